The normalized spacial score (nSPS) is 11.5. The molecule has 0 unspecified atom stereocenters. The van der Waals surface area contributed by atoms with Gasteiger partial charge in [0, 0.05) is 25.7 Å². The quantitative estimate of drug-likeness (QED) is 0.436. The molecule has 146 valence electrons. The van der Waals surface area contributed by atoms with E-state index in [-0.39, 0.29) is 0 Å². The van der Waals surface area contributed by atoms with Crippen LogP contribution in [0.15, 0.2) is 36.7 Å². The van der Waals surface area contributed by atoms with Gasteiger partial charge in [0.1, 0.15) is 25.2 Å². The molecule has 0 bridgehead atoms. The molecule has 7 nitrogen and oxygen atoms in total. The van der Waals surface area contributed by atoms with Crippen molar-refractivity contribution in [1.29, 1.82) is 0 Å². The number of methoxy groups -OCH3 is 2. The van der Waals surface area contributed by atoms with Crippen LogP contribution in [0.25, 0.3) is 27.6 Å². The molecule has 0 amide bonds. The second-order valence-corrected chi connectivity index (χ2v) is 6.54. The van der Waals surface area contributed by atoms with E-state index < -0.39 is 0 Å². The highest BCUT2D eigenvalue weighted by molar-refractivity contribution is 5.97. The van der Waals surface area contributed by atoms with Gasteiger partial charge < -0.3 is 18.9 Å². The highest BCUT2D eigenvalue weighted by Crippen LogP contribution is 2.34. The van der Waals surface area contributed by atoms with Gasteiger partial charge in [-0.05, 0) is 30.7 Å². The minimum atomic E-state index is 0.425. The molecule has 28 heavy (non-hydrogen) atoms. The van der Waals surface area contributed by atoms with Crippen LogP contribution < -0.4 is 9.47 Å². The largest absolute Gasteiger partial charge is 0.487 e. The molecule has 4 rings (SSSR count). The third kappa shape index (κ3) is 3.46. The van der Waals surface area contributed by atoms with E-state index in [0.717, 1.165) is 27.6 Å². The smallest absolute Gasteiger partial charge is 0.163 e. The summed E-state index contributed by atoms with van der Waals surface area (Å²) in [6.45, 7) is 3.91. The van der Waals surface area contributed by atoms with Crippen molar-refractivity contribution in [2.24, 2.45) is 0 Å². The summed E-state index contributed by atoms with van der Waals surface area (Å²) in [4.78, 5) is 9.43. The lowest BCUT2D eigenvalue weighted by Crippen LogP contribution is -2.08. The number of fused-ring (bicyclic) bond motifs is 5. The van der Waals surface area contributed by atoms with Crippen molar-refractivity contribution < 1.29 is 18.9 Å². The van der Waals surface area contributed by atoms with Gasteiger partial charge in [-0.3, -0.25) is 4.40 Å². The van der Waals surface area contributed by atoms with E-state index in [4.69, 9.17) is 23.9 Å². The summed E-state index contributed by atoms with van der Waals surface area (Å²) < 4.78 is 23.9. The summed E-state index contributed by atoms with van der Waals surface area (Å²) in [5.41, 5.74) is 4.78. The Balaban J connectivity index is 1.85. The van der Waals surface area contributed by atoms with Crippen molar-refractivity contribution in [3.63, 3.8) is 0 Å². The van der Waals surface area contributed by atoms with Crippen molar-refractivity contribution in [2.45, 2.75) is 6.92 Å². The zero-order valence-corrected chi connectivity index (χ0v) is 16.3. The molecule has 0 atom stereocenters. The van der Waals surface area contributed by atoms with Crippen LogP contribution >= 0.6 is 0 Å². The maximum atomic E-state index is 5.90. The van der Waals surface area contributed by atoms with Crippen LogP contribution in [-0.4, -0.2) is 55.0 Å². The zero-order chi connectivity index (χ0) is 19.5. The van der Waals surface area contributed by atoms with Gasteiger partial charge in [-0.1, -0.05) is 6.07 Å². The molecule has 0 N–H and O–H groups in total. The number of hydrogen-bond acceptors (Lipinski definition) is 6. The predicted octanol–water partition coefficient (Wildman–Crippen LogP) is 3.39. The summed E-state index contributed by atoms with van der Waals surface area (Å²) in [7, 11) is 3.29. The van der Waals surface area contributed by atoms with Crippen LogP contribution in [0.3, 0.4) is 0 Å². The first kappa shape index (κ1) is 18.5. The minimum Gasteiger partial charge on any atom is -0.487 e. The minimum absolute atomic E-state index is 0.425. The van der Waals surface area contributed by atoms with E-state index >= 15 is 0 Å². The van der Waals surface area contributed by atoms with E-state index in [9.17, 15) is 0 Å². The van der Waals surface area contributed by atoms with E-state index in [0.29, 0.717) is 37.9 Å². The van der Waals surface area contributed by atoms with E-state index in [1.54, 1.807) is 20.5 Å². The number of rotatable bonds is 8. The highest BCUT2D eigenvalue weighted by atomic mass is 16.5. The first-order chi connectivity index (χ1) is 13.7. The molecule has 2 heterocycles. The van der Waals surface area contributed by atoms with Crippen molar-refractivity contribution in [1.82, 2.24) is 14.4 Å². The molecule has 0 aliphatic rings. The summed E-state index contributed by atoms with van der Waals surface area (Å²) in [6.07, 6.45) is 1.80. The third-order valence-electron chi connectivity index (χ3n) is 4.55. The van der Waals surface area contributed by atoms with Gasteiger partial charge in [0.15, 0.2) is 11.5 Å². The van der Waals surface area contributed by atoms with Gasteiger partial charge in [0.2, 0.25) is 0 Å². The Morgan fingerprint density at radius 1 is 0.857 bits per heavy atom. The number of nitrogens with zero attached hydrogens (tertiary/aromatic N) is 3. The van der Waals surface area contributed by atoms with Crippen LogP contribution in [0.4, 0.5) is 0 Å². The Morgan fingerprint density at radius 2 is 1.57 bits per heavy atom. The highest BCUT2D eigenvalue weighted by Gasteiger charge is 2.14. The molecule has 2 aromatic carbocycles. The van der Waals surface area contributed by atoms with E-state index in [2.05, 4.69) is 24.0 Å². The number of imidazole rings is 1. The molecule has 0 fully saturated rings. The van der Waals surface area contributed by atoms with Crippen LogP contribution in [-0.2, 0) is 9.47 Å². The second kappa shape index (κ2) is 8.00. The second-order valence-electron chi connectivity index (χ2n) is 6.54. The fraction of sp³-hybridized carbons (Fsp3) is 0.333. The molecule has 0 aliphatic carbocycles. The van der Waals surface area contributed by atoms with Gasteiger partial charge in [0.25, 0.3) is 0 Å². The molecule has 7 heteroatoms. The lowest BCUT2D eigenvalue weighted by Gasteiger charge is -2.14. The Bertz CT molecular complexity index is 1120. The number of benzene rings is 2. The molecule has 0 saturated carbocycles. The fourth-order valence-corrected chi connectivity index (χ4v) is 3.16. The number of aromatic nitrogens is 3. The Kier molecular flexibility index (Phi) is 5.27. The average Bonchev–Trinajstić information content (AvgIpc) is 3.07. The first-order valence-electron chi connectivity index (χ1n) is 9.16. The lowest BCUT2D eigenvalue weighted by atomic mass is 10.2. The molecule has 0 spiro atoms. The Labute approximate surface area is 162 Å². The molecular weight excluding hydrogens is 358 g/mol. The number of hydrogen-bond donors (Lipinski definition) is 0. The lowest BCUT2D eigenvalue weighted by molar-refractivity contribution is 0.132. The van der Waals surface area contributed by atoms with Gasteiger partial charge >= 0.3 is 0 Å². The van der Waals surface area contributed by atoms with Crippen molar-refractivity contribution >= 4 is 27.6 Å². The molecule has 2 aromatic heterocycles. The first-order valence-corrected chi connectivity index (χ1v) is 9.16. The van der Waals surface area contributed by atoms with E-state index in [1.807, 2.05) is 22.6 Å². The molecule has 0 saturated heterocycles. The predicted molar refractivity (Wildman–Crippen MR) is 107 cm³/mol. The summed E-state index contributed by atoms with van der Waals surface area (Å²) >= 11 is 0. The van der Waals surface area contributed by atoms with Gasteiger partial charge in [-0.25, -0.2) is 9.97 Å². The number of aryl methyl sites for hydroxylation is 1. The van der Waals surface area contributed by atoms with Gasteiger partial charge in [-0.2, -0.15) is 0 Å². The van der Waals surface area contributed by atoms with Crippen molar-refractivity contribution in [3.8, 4) is 11.5 Å². The van der Waals surface area contributed by atoms with Crippen LogP contribution in [0.1, 0.15) is 5.56 Å². The fourth-order valence-electron chi connectivity index (χ4n) is 3.16. The summed E-state index contributed by atoms with van der Waals surface area (Å²) in [6, 6.07) is 10.0. The number of ether oxygens (including phenoxy) is 4. The van der Waals surface area contributed by atoms with Crippen LogP contribution in [0.2, 0.25) is 0 Å². The maximum Gasteiger partial charge on any atom is 0.163 e. The van der Waals surface area contributed by atoms with Crippen LogP contribution in [0.5, 0.6) is 11.5 Å². The standard InChI is InChI=1S/C21H23N3O4/c1-14-4-5-16-18(10-14)24-13-22-17-12-20(28-9-7-26-3)19(27-8-6-25-2)11-15(17)21(24)23-16/h4-5,10-13H,6-9H2,1-3H3. The van der Waals surface area contributed by atoms with E-state index in [1.165, 1.54) is 5.56 Å². The molecular formula is C21H23N3O4. The van der Waals surface area contributed by atoms with Crippen LogP contribution in [0, 0.1) is 6.92 Å². The van der Waals surface area contributed by atoms with Crippen molar-refractivity contribution in [2.75, 3.05) is 40.6 Å². The molecule has 0 radical (unpaired) electrons. The monoisotopic (exact) mass is 381 g/mol. The SMILES string of the molecule is COCCOc1cc2ncn3c4cc(C)ccc4nc3c2cc1OCCOC. The Morgan fingerprint density at radius 3 is 2.29 bits per heavy atom. The topological polar surface area (TPSA) is 67.1 Å². The zero-order valence-electron chi connectivity index (χ0n) is 16.3. The van der Waals surface area contributed by atoms with Gasteiger partial charge in [0.05, 0.1) is 29.8 Å². The Hall–Kier alpha value is -2.90. The third-order valence-corrected chi connectivity index (χ3v) is 4.55. The van der Waals surface area contributed by atoms with Crippen molar-refractivity contribution in [3.05, 3.63) is 42.2 Å². The summed E-state index contributed by atoms with van der Waals surface area (Å²) in [5, 5.41) is 0.905. The summed E-state index contributed by atoms with van der Waals surface area (Å²) in [5.74, 6) is 1.27. The maximum absolute atomic E-state index is 5.90. The van der Waals surface area contributed by atoms with Gasteiger partial charge in [-0.15, -0.1) is 0 Å². The molecule has 4 aromatic rings. The average molecular weight is 381 g/mol. The molecule has 0 aliphatic heterocycles.